The van der Waals surface area contributed by atoms with Crippen molar-refractivity contribution in [2.24, 2.45) is 0 Å². The van der Waals surface area contributed by atoms with Crippen molar-refractivity contribution in [2.45, 2.75) is 33.3 Å². The Labute approximate surface area is 159 Å². The molecule has 0 saturated heterocycles. The average molecular weight is 378 g/mol. The van der Waals surface area contributed by atoms with Gasteiger partial charge in [0.05, 0.1) is 24.9 Å². The highest BCUT2D eigenvalue weighted by molar-refractivity contribution is 6.32. The van der Waals surface area contributed by atoms with E-state index in [2.05, 4.69) is 5.32 Å². The Bertz CT molecular complexity index is 792. The van der Waals surface area contributed by atoms with Gasteiger partial charge in [0.25, 0.3) is 5.91 Å². The highest BCUT2D eigenvalue weighted by Gasteiger charge is 2.21. The molecule has 0 spiro atoms. The number of methoxy groups -OCH3 is 2. The molecule has 0 aromatic heterocycles. The summed E-state index contributed by atoms with van der Waals surface area (Å²) in [6.07, 6.45) is -0.117. The third-order valence-electron chi connectivity index (χ3n) is 4.01. The van der Waals surface area contributed by atoms with E-state index in [-0.39, 0.29) is 5.91 Å². The van der Waals surface area contributed by atoms with E-state index in [1.165, 1.54) is 14.2 Å². The Balaban J connectivity index is 2.23. The first-order valence-corrected chi connectivity index (χ1v) is 8.73. The Morgan fingerprint density at radius 3 is 2.38 bits per heavy atom. The standard InChI is InChI=1S/C20H24ClNO4/c1-6-16(26-17-9-12(2)7-8-13(17)3)20(23)22-15-11-18(24-4)14(21)10-19(15)25-5/h7-11,16H,6H2,1-5H3,(H,22,23)/t16-/m0/s1. The highest BCUT2D eigenvalue weighted by Crippen LogP contribution is 2.36. The van der Waals surface area contributed by atoms with E-state index in [1.54, 1.807) is 12.1 Å². The van der Waals surface area contributed by atoms with Gasteiger partial charge in [-0.3, -0.25) is 4.79 Å². The zero-order valence-corrected chi connectivity index (χ0v) is 16.4. The first-order chi connectivity index (χ1) is 12.4. The van der Waals surface area contributed by atoms with Crippen LogP contribution in [-0.4, -0.2) is 26.2 Å². The average Bonchev–Trinajstić information content (AvgIpc) is 2.63. The van der Waals surface area contributed by atoms with Crippen LogP contribution in [0.1, 0.15) is 24.5 Å². The second-order valence-corrected chi connectivity index (χ2v) is 6.37. The van der Waals surface area contributed by atoms with E-state index >= 15 is 0 Å². The zero-order valence-electron chi connectivity index (χ0n) is 15.7. The van der Waals surface area contributed by atoms with Gasteiger partial charge in [-0.2, -0.15) is 0 Å². The molecule has 0 heterocycles. The summed E-state index contributed by atoms with van der Waals surface area (Å²) in [4.78, 5) is 12.7. The summed E-state index contributed by atoms with van der Waals surface area (Å²) in [6, 6.07) is 9.14. The fourth-order valence-electron chi connectivity index (χ4n) is 2.48. The van der Waals surface area contributed by atoms with Crippen molar-refractivity contribution >= 4 is 23.2 Å². The molecule has 0 radical (unpaired) electrons. The predicted molar refractivity (Wildman–Crippen MR) is 104 cm³/mol. The minimum Gasteiger partial charge on any atom is -0.495 e. The number of amides is 1. The molecule has 1 N–H and O–H groups in total. The molecule has 0 aliphatic rings. The van der Waals surface area contributed by atoms with Crippen molar-refractivity contribution in [2.75, 3.05) is 19.5 Å². The lowest BCUT2D eigenvalue weighted by Gasteiger charge is -2.20. The summed E-state index contributed by atoms with van der Waals surface area (Å²) in [5.41, 5.74) is 2.53. The second kappa shape index (κ2) is 8.81. The maximum atomic E-state index is 12.7. The van der Waals surface area contributed by atoms with E-state index in [0.29, 0.717) is 34.4 Å². The van der Waals surface area contributed by atoms with E-state index in [9.17, 15) is 4.79 Å². The molecule has 0 fully saturated rings. The minimum absolute atomic E-state index is 0.268. The molecule has 140 valence electrons. The van der Waals surface area contributed by atoms with E-state index in [4.69, 9.17) is 25.8 Å². The number of carbonyl (C=O) groups is 1. The number of carbonyl (C=O) groups excluding carboxylic acids is 1. The number of benzene rings is 2. The third kappa shape index (κ3) is 4.61. The number of hydrogen-bond acceptors (Lipinski definition) is 4. The van der Waals surface area contributed by atoms with Crippen LogP contribution in [0.3, 0.4) is 0 Å². The van der Waals surface area contributed by atoms with E-state index in [0.717, 1.165) is 11.1 Å². The van der Waals surface area contributed by atoms with Gasteiger partial charge in [-0.1, -0.05) is 30.7 Å². The Hall–Kier alpha value is -2.40. The van der Waals surface area contributed by atoms with Crippen LogP contribution in [0, 0.1) is 13.8 Å². The van der Waals surface area contributed by atoms with Crippen LogP contribution in [0.25, 0.3) is 0 Å². The van der Waals surface area contributed by atoms with Crippen LogP contribution in [0.2, 0.25) is 5.02 Å². The first kappa shape index (κ1) is 19.9. The smallest absolute Gasteiger partial charge is 0.265 e. The summed E-state index contributed by atoms with van der Waals surface area (Å²) in [6.45, 7) is 5.83. The summed E-state index contributed by atoms with van der Waals surface area (Å²) in [7, 11) is 3.02. The van der Waals surface area contributed by atoms with Gasteiger partial charge in [-0.15, -0.1) is 0 Å². The van der Waals surface area contributed by atoms with Gasteiger partial charge < -0.3 is 19.5 Å². The molecule has 26 heavy (non-hydrogen) atoms. The van der Waals surface area contributed by atoms with Crippen molar-refractivity contribution in [3.63, 3.8) is 0 Å². The number of hydrogen-bond donors (Lipinski definition) is 1. The number of ether oxygens (including phenoxy) is 3. The largest absolute Gasteiger partial charge is 0.495 e. The first-order valence-electron chi connectivity index (χ1n) is 8.35. The summed E-state index contributed by atoms with van der Waals surface area (Å²) < 4.78 is 16.5. The molecule has 0 bridgehead atoms. The van der Waals surface area contributed by atoms with Crippen LogP contribution < -0.4 is 19.5 Å². The fourth-order valence-corrected chi connectivity index (χ4v) is 2.71. The Morgan fingerprint density at radius 1 is 1.08 bits per heavy atom. The van der Waals surface area contributed by atoms with Crippen LogP contribution in [0.15, 0.2) is 30.3 Å². The number of rotatable bonds is 7. The fraction of sp³-hybridized carbons (Fsp3) is 0.350. The maximum Gasteiger partial charge on any atom is 0.265 e. The monoisotopic (exact) mass is 377 g/mol. The molecule has 1 amide bonds. The molecule has 6 heteroatoms. The van der Waals surface area contributed by atoms with E-state index in [1.807, 2.05) is 39.0 Å². The molecule has 1 atom stereocenters. The summed E-state index contributed by atoms with van der Waals surface area (Å²) >= 11 is 6.10. The molecule has 5 nitrogen and oxygen atoms in total. The molecule has 0 unspecified atom stereocenters. The molecular formula is C20H24ClNO4. The number of nitrogens with one attached hydrogen (secondary N) is 1. The van der Waals surface area contributed by atoms with Crippen LogP contribution in [-0.2, 0) is 4.79 Å². The third-order valence-corrected chi connectivity index (χ3v) is 4.30. The molecule has 0 aliphatic heterocycles. The molecule has 0 saturated carbocycles. The quantitative estimate of drug-likeness (QED) is 0.755. The predicted octanol–water partition coefficient (Wildman–Crippen LogP) is 4.77. The lowest BCUT2D eigenvalue weighted by Crippen LogP contribution is -2.32. The van der Waals surface area contributed by atoms with Gasteiger partial charge >= 0.3 is 0 Å². The van der Waals surface area contributed by atoms with E-state index < -0.39 is 6.10 Å². The number of aryl methyl sites for hydroxylation is 2. The lowest BCUT2D eigenvalue weighted by atomic mass is 10.1. The molecule has 2 aromatic rings. The SMILES string of the molecule is CC[C@H](Oc1cc(C)ccc1C)C(=O)Nc1cc(OC)c(Cl)cc1OC. The molecular weight excluding hydrogens is 354 g/mol. The molecule has 0 aliphatic carbocycles. The van der Waals surface area contributed by atoms with Crippen LogP contribution in [0.5, 0.6) is 17.2 Å². The number of halogens is 1. The number of anilines is 1. The lowest BCUT2D eigenvalue weighted by molar-refractivity contribution is -0.122. The van der Waals surface area contributed by atoms with Gasteiger partial charge in [-0.25, -0.2) is 0 Å². The van der Waals surface area contributed by atoms with Crippen molar-refractivity contribution in [1.29, 1.82) is 0 Å². The van der Waals surface area contributed by atoms with Gasteiger partial charge in [0, 0.05) is 12.1 Å². The van der Waals surface area contributed by atoms with Gasteiger partial charge in [0.1, 0.15) is 17.2 Å². The summed E-state index contributed by atoms with van der Waals surface area (Å²) in [5, 5.41) is 3.24. The maximum absolute atomic E-state index is 12.7. The van der Waals surface area contributed by atoms with Crippen LogP contribution in [0.4, 0.5) is 5.69 Å². The zero-order chi connectivity index (χ0) is 19.3. The van der Waals surface area contributed by atoms with Crippen molar-refractivity contribution < 1.29 is 19.0 Å². The molecule has 2 rings (SSSR count). The highest BCUT2D eigenvalue weighted by atomic mass is 35.5. The Morgan fingerprint density at radius 2 is 1.77 bits per heavy atom. The Kier molecular flexibility index (Phi) is 6.75. The van der Waals surface area contributed by atoms with Gasteiger partial charge in [0.15, 0.2) is 6.10 Å². The summed E-state index contributed by atoms with van der Waals surface area (Å²) in [5.74, 6) is 1.33. The van der Waals surface area contributed by atoms with Gasteiger partial charge in [0.2, 0.25) is 0 Å². The topological polar surface area (TPSA) is 56.8 Å². The van der Waals surface area contributed by atoms with Gasteiger partial charge in [-0.05, 0) is 37.5 Å². The van der Waals surface area contributed by atoms with Crippen molar-refractivity contribution in [3.8, 4) is 17.2 Å². The minimum atomic E-state index is -0.637. The van der Waals surface area contributed by atoms with Crippen molar-refractivity contribution in [1.82, 2.24) is 0 Å². The molecule has 2 aromatic carbocycles. The normalized spacial score (nSPS) is 11.6. The second-order valence-electron chi connectivity index (χ2n) is 5.96. The van der Waals surface area contributed by atoms with Crippen molar-refractivity contribution in [3.05, 3.63) is 46.5 Å². The van der Waals surface area contributed by atoms with Crippen LogP contribution >= 0.6 is 11.6 Å².